The molecule has 0 unspecified atom stereocenters. The fourth-order valence-corrected chi connectivity index (χ4v) is 3.15. The van der Waals surface area contributed by atoms with Gasteiger partial charge in [0, 0.05) is 19.6 Å². The highest BCUT2D eigenvalue weighted by Gasteiger charge is 2.45. The van der Waals surface area contributed by atoms with Gasteiger partial charge in [-0.05, 0) is 30.2 Å². The number of carboxylic acids is 1. The molecule has 1 heterocycles. The van der Waals surface area contributed by atoms with Crippen LogP contribution in [0.3, 0.4) is 0 Å². The molecular weight excluding hydrogens is 226 g/mol. The molecule has 18 heavy (non-hydrogen) atoms. The first kappa shape index (κ1) is 11.7. The van der Waals surface area contributed by atoms with E-state index in [9.17, 15) is 9.90 Å². The Balaban J connectivity index is 1.66. The predicted molar refractivity (Wildman–Crippen MR) is 69.1 cm³/mol. The molecule has 2 fully saturated rings. The molecule has 3 nitrogen and oxygen atoms in total. The van der Waals surface area contributed by atoms with Gasteiger partial charge >= 0.3 is 5.97 Å². The molecule has 0 spiro atoms. The van der Waals surface area contributed by atoms with Crippen molar-refractivity contribution in [2.75, 3.05) is 13.1 Å². The molecule has 2 aliphatic rings. The van der Waals surface area contributed by atoms with Crippen molar-refractivity contribution < 1.29 is 9.90 Å². The number of carboxylic acid groups (broad SMARTS) is 1. The van der Waals surface area contributed by atoms with Crippen LogP contribution in [-0.2, 0) is 11.3 Å². The molecule has 1 aromatic rings. The summed E-state index contributed by atoms with van der Waals surface area (Å²) in [4.78, 5) is 13.6. The fourth-order valence-electron chi connectivity index (χ4n) is 3.15. The molecule has 2 atom stereocenters. The lowest BCUT2D eigenvalue weighted by atomic mass is 9.92. The van der Waals surface area contributed by atoms with E-state index in [1.165, 1.54) is 18.4 Å². The number of likely N-dealkylation sites (tertiary alicyclic amines) is 1. The zero-order valence-electron chi connectivity index (χ0n) is 10.5. The summed E-state index contributed by atoms with van der Waals surface area (Å²) in [7, 11) is 0. The largest absolute Gasteiger partial charge is 0.481 e. The van der Waals surface area contributed by atoms with Crippen LogP contribution in [0.5, 0.6) is 0 Å². The Morgan fingerprint density at radius 2 is 1.94 bits per heavy atom. The zero-order chi connectivity index (χ0) is 12.5. The van der Waals surface area contributed by atoms with Gasteiger partial charge in [0.05, 0.1) is 5.92 Å². The smallest absolute Gasteiger partial charge is 0.308 e. The van der Waals surface area contributed by atoms with E-state index in [0.29, 0.717) is 18.4 Å². The van der Waals surface area contributed by atoms with Gasteiger partial charge in [-0.15, -0.1) is 0 Å². The van der Waals surface area contributed by atoms with Crippen LogP contribution in [0.2, 0.25) is 0 Å². The van der Waals surface area contributed by atoms with E-state index in [0.717, 1.165) is 13.1 Å². The maximum Gasteiger partial charge on any atom is 0.308 e. The van der Waals surface area contributed by atoms with Crippen LogP contribution in [0.25, 0.3) is 0 Å². The van der Waals surface area contributed by atoms with Crippen LogP contribution in [-0.4, -0.2) is 29.1 Å². The summed E-state index contributed by atoms with van der Waals surface area (Å²) in [5.41, 5.74) is 1.28. The molecule has 1 aliphatic carbocycles. The fraction of sp³-hybridized carbons (Fsp3) is 0.533. The van der Waals surface area contributed by atoms with Gasteiger partial charge in [0.2, 0.25) is 0 Å². The van der Waals surface area contributed by atoms with Crippen molar-refractivity contribution in [3.63, 3.8) is 0 Å². The SMILES string of the molecule is O=C(O)[C@H]1CN(Cc2ccccc2)C[C@H]1C1CC1. The summed E-state index contributed by atoms with van der Waals surface area (Å²) in [6.45, 7) is 2.55. The van der Waals surface area contributed by atoms with Crippen molar-refractivity contribution in [3.8, 4) is 0 Å². The highest BCUT2D eigenvalue weighted by molar-refractivity contribution is 5.71. The molecule has 1 saturated carbocycles. The van der Waals surface area contributed by atoms with Gasteiger partial charge in [-0.3, -0.25) is 9.69 Å². The Hall–Kier alpha value is -1.35. The quantitative estimate of drug-likeness (QED) is 0.884. The van der Waals surface area contributed by atoms with E-state index in [4.69, 9.17) is 0 Å². The summed E-state index contributed by atoms with van der Waals surface area (Å²) in [5, 5.41) is 9.32. The van der Waals surface area contributed by atoms with Crippen molar-refractivity contribution >= 4 is 5.97 Å². The molecule has 0 radical (unpaired) electrons. The zero-order valence-corrected chi connectivity index (χ0v) is 10.5. The van der Waals surface area contributed by atoms with Crippen molar-refractivity contribution in [3.05, 3.63) is 35.9 Å². The average Bonchev–Trinajstić information content (AvgIpc) is 3.12. The van der Waals surface area contributed by atoms with E-state index in [-0.39, 0.29) is 5.92 Å². The molecule has 1 saturated heterocycles. The molecule has 1 aliphatic heterocycles. The number of nitrogens with zero attached hydrogens (tertiary/aromatic N) is 1. The van der Waals surface area contributed by atoms with Gasteiger partial charge in [-0.2, -0.15) is 0 Å². The van der Waals surface area contributed by atoms with E-state index < -0.39 is 5.97 Å². The summed E-state index contributed by atoms with van der Waals surface area (Å²) < 4.78 is 0. The Morgan fingerprint density at radius 1 is 1.22 bits per heavy atom. The molecule has 96 valence electrons. The van der Waals surface area contributed by atoms with Crippen LogP contribution in [0, 0.1) is 17.8 Å². The van der Waals surface area contributed by atoms with Crippen LogP contribution in [0.15, 0.2) is 30.3 Å². The number of aliphatic carboxylic acids is 1. The Labute approximate surface area is 107 Å². The number of benzene rings is 1. The maximum absolute atomic E-state index is 11.3. The normalized spacial score (nSPS) is 28.4. The minimum absolute atomic E-state index is 0.152. The van der Waals surface area contributed by atoms with Crippen molar-refractivity contribution in [1.29, 1.82) is 0 Å². The summed E-state index contributed by atoms with van der Waals surface area (Å²) in [6, 6.07) is 10.3. The van der Waals surface area contributed by atoms with Crippen LogP contribution in [0.4, 0.5) is 0 Å². The monoisotopic (exact) mass is 245 g/mol. The summed E-state index contributed by atoms with van der Waals surface area (Å²) in [6.07, 6.45) is 2.46. The average molecular weight is 245 g/mol. The molecule has 0 amide bonds. The molecule has 1 aromatic carbocycles. The number of rotatable bonds is 4. The second-order valence-corrected chi connectivity index (χ2v) is 5.63. The minimum atomic E-state index is -0.609. The third kappa shape index (κ3) is 2.41. The van der Waals surface area contributed by atoms with E-state index in [1.54, 1.807) is 0 Å². The summed E-state index contributed by atoms with van der Waals surface area (Å²) >= 11 is 0. The second-order valence-electron chi connectivity index (χ2n) is 5.63. The lowest BCUT2D eigenvalue weighted by Crippen LogP contribution is -2.24. The second kappa shape index (κ2) is 4.73. The summed E-state index contributed by atoms with van der Waals surface area (Å²) in [5.74, 6) is 0.293. The first-order valence-electron chi connectivity index (χ1n) is 6.73. The van der Waals surface area contributed by atoms with Crippen molar-refractivity contribution in [1.82, 2.24) is 4.90 Å². The lowest BCUT2D eigenvalue weighted by Gasteiger charge is -2.15. The molecule has 0 bridgehead atoms. The van der Waals surface area contributed by atoms with E-state index >= 15 is 0 Å². The van der Waals surface area contributed by atoms with Gasteiger partial charge < -0.3 is 5.11 Å². The number of hydrogen-bond donors (Lipinski definition) is 1. The maximum atomic E-state index is 11.3. The van der Waals surface area contributed by atoms with Crippen LogP contribution in [0.1, 0.15) is 18.4 Å². The highest BCUT2D eigenvalue weighted by atomic mass is 16.4. The van der Waals surface area contributed by atoms with Gasteiger partial charge in [0.25, 0.3) is 0 Å². The lowest BCUT2D eigenvalue weighted by molar-refractivity contribution is -0.142. The van der Waals surface area contributed by atoms with E-state index in [1.807, 2.05) is 18.2 Å². The number of carbonyl (C=O) groups is 1. The Bertz CT molecular complexity index is 427. The topological polar surface area (TPSA) is 40.5 Å². The minimum Gasteiger partial charge on any atom is -0.481 e. The van der Waals surface area contributed by atoms with E-state index in [2.05, 4.69) is 17.0 Å². The van der Waals surface area contributed by atoms with Gasteiger partial charge in [-0.1, -0.05) is 30.3 Å². The predicted octanol–water partition coefficient (Wildman–Crippen LogP) is 2.23. The highest BCUT2D eigenvalue weighted by Crippen LogP contribution is 2.44. The molecule has 1 N–H and O–H groups in total. The van der Waals surface area contributed by atoms with Crippen molar-refractivity contribution in [2.45, 2.75) is 19.4 Å². The third-order valence-electron chi connectivity index (χ3n) is 4.23. The molecule has 0 aromatic heterocycles. The molecule has 3 rings (SSSR count). The van der Waals surface area contributed by atoms with Gasteiger partial charge in [0.15, 0.2) is 0 Å². The number of hydrogen-bond acceptors (Lipinski definition) is 2. The third-order valence-corrected chi connectivity index (χ3v) is 4.23. The van der Waals surface area contributed by atoms with Gasteiger partial charge in [0.1, 0.15) is 0 Å². The van der Waals surface area contributed by atoms with Crippen LogP contribution < -0.4 is 0 Å². The molecular formula is C15H19NO2. The van der Waals surface area contributed by atoms with Gasteiger partial charge in [-0.25, -0.2) is 0 Å². The standard InChI is InChI=1S/C15H19NO2/c17-15(18)14-10-16(9-13(14)12-6-7-12)8-11-4-2-1-3-5-11/h1-5,12-14H,6-10H2,(H,17,18)/t13-,14-/m0/s1. The molecule has 3 heteroatoms. The van der Waals surface area contributed by atoms with Crippen LogP contribution >= 0.6 is 0 Å². The van der Waals surface area contributed by atoms with Crippen molar-refractivity contribution in [2.24, 2.45) is 17.8 Å². The Morgan fingerprint density at radius 3 is 2.56 bits per heavy atom. The first-order chi connectivity index (χ1) is 8.74. The first-order valence-corrected chi connectivity index (χ1v) is 6.73. The Kier molecular flexibility index (Phi) is 3.08.